The Balaban J connectivity index is 1.92. The Morgan fingerprint density at radius 1 is 1.00 bits per heavy atom. The van der Waals surface area contributed by atoms with Crippen LogP contribution in [-0.4, -0.2) is 27.0 Å². The van der Waals surface area contributed by atoms with Crippen molar-refractivity contribution in [2.24, 2.45) is 0 Å². The lowest BCUT2D eigenvalue weighted by Crippen LogP contribution is -2.33. The first-order valence-corrected chi connectivity index (χ1v) is 9.94. The fraction of sp³-hybridized carbons (Fsp3) is 0.250. The Hall–Kier alpha value is -3.74. The van der Waals surface area contributed by atoms with Gasteiger partial charge in [-0.15, -0.1) is 0 Å². The van der Waals surface area contributed by atoms with Crippen LogP contribution in [-0.2, 0) is 27.3 Å². The molecule has 1 aromatic heterocycles. The zero-order valence-corrected chi connectivity index (χ0v) is 17.8. The molecule has 0 atom stereocenters. The third-order valence-corrected chi connectivity index (χ3v) is 4.27. The van der Waals surface area contributed by atoms with Crippen molar-refractivity contribution in [2.75, 3.05) is 5.32 Å². The SMILES string of the molecule is CC(C)(C)OC(=O)Cn1c(-c2ccccc2)ncc(NC(=O)Cc2ccccc2)c1=O. The van der Waals surface area contributed by atoms with Crippen molar-refractivity contribution in [3.05, 3.63) is 82.8 Å². The molecule has 7 nitrogen and oxygen atoms in total. The van der Waals surface area contributed by atoms with Gasteiger partial charge in [0.1, 0.15) is 23.7 Å². The summed E-state index contributed by atoms with van der Waals surface area (Å²) >= 11 is 0. The van der Waals surface area contributed by atoms with Crippen LogP contribution in [0.3, 0.4) is 0 Å². The van der Waals surface area contributed by atoms with E-state index in [9.17, 15) is 14.4 Å². The molecule has 0 unspecified atom stereocenters. The Kier molecular flexibility index (Phi) is 6.65. The summed E-state index contributed by atoms with van der Waals surface area (Å²) in [6, 6.07) is 18.3. The highest BCUT2D eigenvalue weighted by atomic mass is 16.6. The zero-order chi connectivity index (χ0) is 22.4. The van der Waals surface area contributed by atoms with Crippen LogP contribution in [0.1, 0.15) is 26.3 Å². The number of rotatable bonds is 6. The number of esters is 1. The van der Waals surface area contributed by atoms with E-state index in [2.05, 4.69) is 10.3 Å². The van der Waals surface area contributed by atoms with Crippen LogP contribution in [0.2, 0.25) is 0 Å². The van der Waals surface area contributed by atoms with Crippen molar-refractivity contribution in [1.29, 1.82) is 0 Å². The molecule has 0 saturated carbocycles. The summed E-state index contributed by atoms with van der Waals surface area (Å²) in [5, 5.41) is 2.61. The van der Waals surface area contributed by atoms with E-state index in [0.717, 1.165) is 5.56 Å². The van der Waals surface area contributed by atoms with Gasteiger partial charge in [-0.2, -0.15) is 0 Å². The number of amides is 1. The van der Waals surface area contributed by atoms with Gasteiger partial charge >= 0.3 is 5.97 Å². The molecule has 1 N–H and O–H groups in total. The van der Waals surface area contributed by atoms with Gasteiger partial charge in [0.15, 0.2) is 0 Å². The maximum Gasteiger partial charge on any atom is 0.326 e. The molecule has 0 aliphatic heterocycles. The molecule has 0 aliphatic carbocycles. The van der Waals surface area contributed by atoms with Crippen molar-refractivity contribution in [3.8, 4) is 11.4 Å². The summed E-state index contributed by atoms with van der Waals surface area (Å²) in [5.74, 6) is -0.597. The summed E-state index contributed by atoms with van der Waals surface area (Å²) in [6.07, 6.45) is 1.44. The maximum atomic E-state index is 13.2. The van der Waals surface area contributed by atoms with Gasteiger partial charge in [-0.3, -0.25) is 19.0 Å². The first-order chi connectivity index (χ1) is 14.7. The number of nitrogens with one attached hydrogen (secondary N) is 1. The molecule has 2 aromatic carbocycles. The van der Waals surface area contributed by atoms with Gasteiger partial charge in [0.25, 0.3) is 5.56 Å². The summed E-state index contributed by atoms with van der Waals surface area (Å²) in [5.41, 5.74) is 0.279. The van der Waals surface area contributed by atoms with Crippen LogP contribution >= 0.6 is 0 Å². The van der Waals surface area contributed by atoms with Crippen molar-refractivity contribution >= 4 is 17.6 Å². The smallest absolute Gasteiger partial charge is 0.326 e. The van der Waals surface area contributed by atoms with Crippen molar-refractivity contribution in [3.63, 3.8) is 0 Å². The number of hydrogen-bond donors (Lipinski definition) is 1. The van der Waals surface area contributed by atoms with Crippen molar-refractivity contribution in [2.45, 2.75) is 39.3 Å². The number of aromatic nitrogens is 2. The standard InChI is InChI=1S/C24H25N3O4/c1-24(2,3)31-21(29)16-27-22(18-12-8-5-9-13-18)25-15-19(23(27)30)26-20(28)14-17-10-6-4-7-11-17/h4-13,15H,14,16H2,1-3H3,(H,26,28). The van der Waals surface area contributed by atoms with Gasteiger partial charge in [0, 0.05) is 5.56 Å². The molecule has 1 heterocycles. The van der Waals surface area contributed by atoms with Crippen LogP contribution in [0.15, 0.2) is 71.7 Å². The fourth-order valence-corrected chi connectivity index (χ4v) is 3.02. The second kappa shape index (κ2) is 9.38. The quantitative estimate of drug-likeness (QED) is 0.618. The minimum Gasteiger partial charge on any atom is -0.459 e. The lowest BCUT2D eigenvalue weighted by atomic mass is 10.1. The monoisotopic (exact) mass is 419 g/mol. The summed E-state index contributed by atoms with van der Waals surface area (Å²) in [4.78, 5) is 42.4. The van der Waals surface area contributed by atoms with Crippen LogP contribution in [0.25, 0.3) is 11.4 Å². The largest absolute Gasteiger partial charge is 0.459 e. The van der Waals surface area contributed by atoms with Gasteiger partial charge in [0.05, 0.1) is 12.6 Å². The average Bonchev–Trinajstić information content (AvgIpc) is 2.71. The Bertz CT molecular complexity index is 1120. The number of anilines is 1. The molecule has 1 amide bonds. The van der Waals surface area contributed by atoms with E-state index in [1.807, 2.05) is 48.5 Å². The zero-order valence-electron chi connectivity index (χ0n) is 17.8. The maximum absolute atomic E-state index is 13.2. The molecule has 0 bridgehead atoms. The Morgan fingerprint density at radius 3 is 2.23 bits per heavy atom. The number of nitrogens with zero attached hydrogens (tertiary/aromatic N) is 2. The predicted molar refractivity (Wildman–Crippen MR) is 119 cm³/mol. The topological polar surface area (TPSA) is 90.3 Å². The summed E-state index contributed by atoms with van der Waals surface area (Å²) < 4.78 is 6.60. The minimum atomic E-state index is -0.692. The van der Waals surface area contributed by atoms with Gasteiger partial charge in [-0.25, -0.2) is 4.98 Å². The third-order valence-electron chi connectivity index (χ3n) is 4.27. The molecule has 0 fully saturated rings. The van der Waals surface area contributed by atoms with Gasteiger partial charge < -0.3 is 10.1 Å². The number of hydrogen-bond acceptors (Lipinski definition) is 5. The normalized spacial score (nSPS) is 11.1. The third kappa shape index (κ3) is 6.12. The first kappa shape index (κ1) is 22.0. The summed E-state index contributed by atoms with van der Waals surface area (Å²) in [7, 11) is 0. The van der Waals surface area contributed by atoms with Crippen molar-refractivity contribution < 1.29 is 14.3 Å². The highest BCUT2D eigenvalue weighted by Crippen LogP contribution is 2.17. The van der Waals surface area contributed by atoms with Crippen LogP contribution < -0.4 is 10.9 Å². The van der Waals surface area contributed by atoms with Gasteiger partial charge in [0.2, 0.25) is 5.91 Å². The predicted octanol–water partition coefficient (Wildman–Crippen LogP) is 3.43. The molecule has 0 aliphatic rings. The molecule has 160 valence electrons. The van der Waals surface area contributed by atoms with Crippen LogP contribution in [0.5, 0.6) is 0 Å². The van der Waals surface area contributed by atoms with E-state index < -0.39 is 17.1 Å². The van der Waals surface area contributed by atoms with E-state index in [-0.39, 0.29) is 24.6 Å². The number of carbonyl (C=O) groups excluding carboxylic acids is 2. The molecular formula is C24H25N3O4. The fourth-order valence-electron chi connectivity index (χ4n) is 3.02. The molecule has 3 rings (SSSR count). The van der Waals surface area contributed by atoms with Crippen molar-refractivity contribution in [1.82, 2.24) is 9.55 Å². The first-order valence-electron chi connectivity index (χ1n) is 9.94. The molecule has 3 aromatic rings. The van der Waals surface area contributed by atoms with E-state index in [1.54, 1.807) is 32.9 Å². The molecule has 0 radical (unpaired) electrons. The van der Waals surface area contributed by atoms with E-state index in [4.69, 9.17) is 4.74 Å². The molecule has 31 heavy (non-hydrogen) atoms. The lowest BCUT2D eigenvalue weighted by Gasteiger charge is -2.20. The molecular weight excluding hydrogens is 394 g/mol. The number of carbonyl (C=O) groups is 2. The molecule has 0 saturated heterocycles. The van der Waals surface area contributed by atoms with Gasteiger partial charge in [-0.05, 0) is 26.3 Å². The number of benzene rings is 2. The van der Waals surface area contributed by atoms with Crippen LogP contribution in [0, 0.1) is 0 Å². The minimum absolute atomic E-state index is 0.00386. The number of ether oxygens (including phenoxy) is 1. The second-order valence-electron chi connectivity index (χ2n) is 8.05. The van der Waals surface area contributed by atoms with E-state index in [1.165, 1.54) is 10.8 Å². The van der Waals surface area contributed by atoms with E-state index in [0.29, 0.717) is 11.4 Å². The Labute approximate surface area is 180 Å². The highest BCUT2D eigenvalue weighted by molar-refractivity contribution is 5.92. The molecule has 0 spiro atoms. The van der Waals surface area contributed by atoms with E-state index >= 15 is 0 Å². The average molecular weight is 419 g/mol. The highest BCUT2D eigenvalue weighted by Gasteiger charge is 2.21. The second-order valence-corrected chi connectivity index (χ2v) is 8.05. The summed E-state index contributed by atoms with van der Waals surface area (Å²) in [6.45, 7) is 4.94. The lowest BCUT2D eigenvalue weighted by molar-refractivity contribution is -0.155. The molecule has 7 heteroatoms. The van der Waals surface area contributed by atoms with Gasteiger partial charge in [-0.1, -0.05) is 60.7 Å². The van der Waals surface area contributed by atoms with Crippen LogP contribution in [0.4, 0.5) is 5.69 Å². The Morgan fingerprint density at radius 2 is 1.61 bits per heavy atom.